The smallest absolute Gasteiger partial charge is 0 e. The van der Waals surface area contributed by atoms with Crippen molar-refractivity contribution in [3.63, 3.8) is 0 Å². The van der Waals surface area contributed by atoms with Crippen LogP contribution in [0.4, 0.5) is 0 Å². The first-order chi connectivity index (χ1) is 15.8. The zero-order chi connectivity index (χ0) is 22.3. The molecule has 0 atom stereocenters. The van der Waals surface area contributed by atoms with E-state index in [0.717, 1.165) is 0 Å². The number of hydrogen-bond acceptors (Lipinski definition) is 0. The molecule has 6 rings (SSSR count). The van der Waals surface area contributed by atoms with E-state index in [1.54, 1.807) is 0 Å². The van der Waals surface area contributed by atoms with E-state index in [1.807, 2.05) is 91.0 Å². The van der Waals surface area contributed by atoms with Crippen molar-refractivity contribution >= 4 is 42.5 Å². The maximum absolute atomic E-state index is 2.67. The molecule has 5 aromatic rings. The van der Waals surface area contributed by atoms with Gasteiger partial charge in [-0.1, -0.05) is 22.0 Å². The minimum atomic E-state index is -1.41. The molecule has 0 unspecified atom stereocenters. The molecule has 1 fully saturated rings. The summed E-state index contributed by atoms with van der Waals surface area (Å²) in [6.45, 7) is 0. The van der Waals surface area contributed by atoms with E-state index in [-0.39, 0.29) is 51.2 Å². The van der Waals surface area contributed by atoms with Crippen molar-refractivity contribution in [2.45, 2.75) is 0 Å². The Hall–Kier alpha value is -0.662. The van der Waals surface area contributed by atoms with E-state index in [1.165, 1.54) is 15.9 Å². The van der Waals surface area contributed by atoms with Gasteiger partial charge in [0.1, 0.15) is 0 Å². The van der Waals surface area contributed by atoms with Gasteiger partial charge >= 0.3 is 0 Å². The fourth-order valence-electron chi connectivity index (χ4n) is 3.12. The van der Waals surface area contributed by atoms with Crippen LogP contribution in [0.1, 0.15) is 0 Å². The van der Waals surface area contributed by atoms with Gasteiger partial charge < -0.3 is 31.0 Å². The molecule has 0 heterocycles. The molecule has 0 spiro atoms. The summed E-state index contributed by atoms with van der Waals surface area (Å²) in [7, 11) is 0. The second-order valence-electron chi connectivity index (χ2n) is 6.91. The Morgan fingerprint density at radius 3 is 1.00 bits per heavy atom. The van der Waals surface area contributed by atoms with Crippen LogP contribution in [-0.2, 0) is 51.2 Å². The molecule has 0 aromatic heterocycles. The molecule has 0 radical (unpaired) electrons. The van der Waals surface area contributed by atoms with Crippen molar-refractivity contribution in [2.24, 2.45) is 0 Å². The third-order valence-electron chi connectivity index (χ3n) is 4.67. The molecule has 5 heteroatoms. The Morgan fingerprint density at radius 2 is 0.771 bits per heavy atom. The SMILES string of the molecule is IP(=C1[CH-][CH-][CH-][CH-]1)([c-]1cccc1)[c-]1cccc1.[Fe].[Fe].[Fe].c1cc[cH-]c1.c1cc[cH-]c1.c1cc[cH-]c1. The minimum absolute atomic E-state index is 0. The van der Waals surface area contributed by atoms with Gasteiger partial charge in [0.2, 0.25) is 0 Å². The van der Waals surface area contributed by atoms with Crippen molar-refractivity contribution in [3.05, 3.63) is 165 Å². The molecule has 1 saturated carbocycles. The summed E-state index contributed by atoms with van der Waals surface area (Å²) in [5, 5.41) is 4.36. The van der Waals surface area contributed by atoms with Crippen molar-refractivity contribution < 1.29 is 51.2 Å². The quantitative estimate of drug-likeness (QED) is 0.0764. The van der Waals surface area contributed by atoms with Crippen LogP contribution in [0.5, 0.6) is 0 Å². The second kappa shape index (κ2) is 20.4. The molecular weight excluding hydrogens is 686 g/mol. The predicted molar refractivity (Wildman–Crippen MR) is 153 cm³/mol. The van der Waals surface area contributed by atoms with Gasteiger partial charge in [-0.15, -0.1) is 10.6 Å². The van der Waals surface area contributed by atoms with Gasteiger partial charge in [0.05, 0.1) is 0 Å². The first kappa shape index (κ1) is 34.3. The van der Waals surface area contributed by atoms with Crippen LogP contribution in [0.3, 0.4) is 0 Å². The Labute approximate surface area is 256 Å². The minimum Gasteiger partial charge on any atom is -0.694 e. The molecule has 0 N–H and O–H groups in total. The molecule has 1 aliphatic carbocycles. The van der Waals surface area contributed by atoms with Gasteiger partial charge in [-0.05, 0) is 0 Å². The summed E-state index contributed by atoms with van der Waals surface area (Å²) < 4.78 is -1.41. The number of halogens is 1. The maximum atomic E-state index is 2.67. The molecule has 0 aliphatic heterocycles. The van der Waals surface area contributed by atoms with Gasteiger partial charge in [-0.3, -0.25) is 0 Å². The van der Waals surface area contributed by atoms with E-state index >= 15 is 0 Å². The topological polar surface area (TPSA) is 0 Å². The van der Waals surface area contributed by atoms with Gasteiger partial charge in [0, 0.05) is 51.2 Å². The first-order valence-electron chi connectivity index (χ1n) is 10.6. The zero-order valence-electron chi connectivity index (χ0n) is 19.0. The van der Waals surface area contributed by atoms with Crippen molar-refractivity contribution in [1.29, 1.82) is 0 Å². The Bertz CT molecular complexity index is 913. The average molecular weight is 713 g/mol. The fraction of sp³-hybridized carbons (Fsp3) is 0. The molecule has 35 heavy (non-hydrogen) atoms. The molecule has 0 nitrogen and oxygen atoms in total. The molecular formula is C30H27Fe3IP-9. The van der Waals surface area contributed by atoms with Crippen LogP contribution in [0, 0.1) is 25.7 Å². The second-order valence-corrected chi connectivity index (χ2v) is 14.0. The molecule has 5 aromatic carbocycles. The Kier molecular flexibility index (Phi) is 20.0. The van der Waals surface area contributed by atoms with Crippen LogP contribution in [0.15, 0.2) is 140 Å². The molecule has 0 bridgehead atoms. The standard InChI is InChI=1S/C15H12IP.3C5H5.3Fe/c16-17(13-7-1-2-8-13,14-9-3-4-10-14)15-11-5-6-12-15;3*1-2-4-5-3-1;;;/h1-12H;3*1-5H;;;/q-6;3*-1;;;. The average Bonchev–Trinajstić information content (AvgIpc) is 3.74. The molecule has 192 valence electrons. The third-order valence-corrected chi connectivity index (χ3v) is 12.7. The molecule has 0 saturated heterocycles. The van der Waals surface area contributed by atoms with Crippen molar-refractivity contribution in [2.75, 3.05) is 0 Å². The normalized spacial score (nSPS) is 11.5. The number of rotatable bonds is 2. The van der Waals surface area contributed by atoms with Gasteiger partial charge in [0.15, 0.2) is 0 Å². The molecule has 1 aliphatic rings. The zero-order valence-corrected chi connectivity index (χ0v) is 25.3. The van der Waals surface area contributed by atoms with E-state index in [9.17, 15) is 0 Å². The van der Waals surface area contributed by atoms with E-state index in [0.29, 0.717) is 0 Å². The van der Waals surface area contributed by atoms with Crippen LogP contribution in [0.2, 0.25) is 0 Å². The van der Waals surface area contributed by atoms with Gasteiger partial charge in [0.25, 0.3) is 0 Å². The third kappa shape index (κ3) is 11.5. The van der Waals surface area contributed by atoms with Crippen molar-refractivity contribution in [3.8, 4) is 0 Å². The van der Waals surface area contributed by atoms with Gasteiger partial charge in [-0.25, -0.2) is 60.7 Å². The van der Waals surface area contributed by atoms with Crippen LogP contribution >= 0.6 is 26.6 Å². The monoisotopic (exact) mass is 713 g/mol. The van der Waals surface area contributed by atoms with E-state index < -0.39 is 4.53 Å². The number of hydrogen-bond donors (Lipinski definition) is 0. The van der Waals surface area contributed by atoms with Gasteiger partial charge in [-0.2, -0.15) is 83.4 Å². The van der Waals surface area contributed by atoms with E-state index in [4.69, 9.17) is 0 Å². The maximum Gasteiger partial charge on any atom is 0 e. The van der Waals surface area contributed by atoms with Crippen molar-refractivity contribution in [1.82, 2.24) is 0 Å². The summed E-state index contributed by atoms with van der Waals surface area (Å²) in [6.07, 6.45) is 8.77. The summed E-state index contributed by atoms with van der Waals surface area (Å²) in [5.74, 6) is 0. The summed E-state index contributed by atoms with van der Waals surface area (Å²) in [6, 6.07) is 47.5. The fourth-order valence-corrected chi connectivity index (χ4v) is 8.66. The molecule has 0 amide bonds. The largest absolute Gasteiger partial charge is 0.694 e. The van der Waals surface area contributed by atoms with Crippen LogP contribution in [0.25, 0.3) is 0 Å². The summed E-state index contributed by atoms with van der Waals surface area (Å²) >= 11 is 2.67. The summed E-state index contributed by atoms with van der Waals surface area (Å²) in [4.78, 5) is 0. The summed E-state index contributed by atoms with van der Waals surface area (Å²) in [5.41, 5.74) is 0. The van der Waals surface area contributed by atoms with Crippen LogP contribution < -0.4 is 10.6 Å². The first-order valence-corrected chi connectivity index (χ1v) is 15.1. The van der Waals surface area contributed by atoms with E-state index in [2.05, 4.69) is 96.3 Å². The van der Waals surface area contributed by atoms with Crippen LogP contribution in [-0.4, -0.2) is 5.29 Å². The Morgan fingerprint density at radius 1 is 0.486 bits per heavy atom. The predicted octanol–water partition coefficient (Wildman–Crippen LogP) is 7.65. The Balaban J connectivity index is 0.000000529.